The molecule has 0 aliphatic heterocycles. The summed E-state index contributed by atoms with van der Waals surface area (Å²) in [7, 11) is 0. The molecule has 1 aromatic rings. The maximum atomic E-state index is 13.7. The lowest BCUT2D eigenvalue weighted by atomic mass is 10.1. The van der Waals surface area contributed by atoms with Gasteiger partial charge in [-0.1, -0.05) is 12.8 Å². The number of rotatable bonds is 2. The fourth-order valence-corrected chi connectivity index (χ4v) is 2.30. The Hall–Kier alpha value is -1.25. The first-order valence-electron chi connectivity index (χ1n) is 6.39. The molecule has 0 saturated heterocycles. The first-order valence-corrected chi connectivity index (χ1v) is 6.39. The third-order valence-electron chi connectivity index (χ3n) is 3.42. The van der Waals surface area contributed by atoms with Crippen molar-refractivity contribution in [2.75, 3.05) is 5.73 Å². The Morgan fingerprint density at radius 2 is 1.82 bits per heavy atom. The second-order valence-electron chi connectivity index (χ2n) is 4.87. The Morgan fingerprint density at radius 3 is 2.47 bits per heavy atom. The molecule has 0 amide bonds. The van der Waals surface area contributed by atoms with Gasteiger partial charge in [0, 0.05) is 11.8 Å². The van der Waals surface area contributed by atoms with Crippen LogP contribution in [-0.2, 0) is 0 Å². The normalized spacial score (nSPS) is 17.8. The van der Waals surface area contributed by atoms with Gasteiger partial charge in [0.2, 0.25) is 0 Å². The summed E-state index contributed by atoms with van der Waals surface area (Å²) in [6.45, 7) is 1.87. The highest BCUT2D eigenvalue weighted by molar-refractivity contribution is 5.50. The molecule has 3 heteroatoms. The number of nitrogens with two attached hydrogens (primary N) is 1. The van der Waals surface area contributed by atoms with Crippen LogP contribution in [0.15, 0.2) is 12.1 Å². The zero-order valence-electron chi connectivity index (χ0n) is 10.3. The van der Waals surface area contributed by atoms with E-state index in [9.17, 15) is 4.39 Å². The molecule has 0 spiro atoms. The van der Waals surface area contributed by atoms with E-state index in [1.54, 1.807) is 6.07 Å². The minimum Gasteiger partial charge on any atom is -0.487 e. The first kappa shape index (κ1) is 12.2. The van der Waals surface area contributed by atoms with Crippen LogP contribution in [-0.4, -0.2) is 6.10 Å². The topological polar surface area (TPSA) is 35.2 Å². The first-order chi connectivity index (χ1) is 8.16. The fraction of sp³-hybridized carbons (Fsp3) is 0.571. The molecule has 1 fully saturated rings. The zero-order chi connectivity index (χ0) is 12.3. The van der Waals surface area contributed by atoms with Gasteiger partial charge in [-0.2, -0.15) is 0 Å². The summed E-state index contributed by atoms with van der Waals surface area (Å²) < 4.78 is 19.5. The number of anilines is 1. The van der Waals surface area contributed by atoms with E-state index in [0.29, 0.717) is 11.4 Å². The van der Waals surface area contributed by atoms with Gasteiger partial charge in [-0.15, -0.1) is 0 Å². The van der Waals surface area contributed by atoms with Crippen molar-refractivity contribution in [3.63, 3.8) is 0 Å². The summed E-state index contributed by atoms with van der Waals surface area (Å²) in [4.78, 5) is 0. The van der Waals surface area contributed by atoms with Crippen molar-refractivity contribution in [1.82, 2.24) is 0 Å². The van der Waals surface area contributed by atoms with Crippen molar-refractivity contribution in [3.8, 4) is 5.75 Å². The van der Waals surface area contributed by atoms with Crippen molar-refractivity contribution in [2.24, 2.45) is 0 Å². The third-order valence-corrected chi connectivity index (χ3v) is 3.42. The molecule has 0 radical (unpaired) electrons. The van der Waals surface area contributed by atoms with Gasteiger partial charge in [-0.25, -0.2) is 4.39 Å². The molecule has 2 rings (SSSR count). The molecule has 17 heavy (non-hydrogen) atoms. The van der Waals surface area contributed by atoms with Gasteiger partial charge in [0.05, 0.1) is 6.10 Å². The maximum Gasteiger partial charge on any atom is 0.167 e. The Balaban J connectivity index is 2.09. The summed E-state index contributed by atoms with van der Waals surface area (Å²) in [6.07, 6.45) is 7.12. The summed E-state index contributed by atoms with van der Waals surface area (Å²) in [5, 5.41) is 0. The molecule has 94 valence electrons. The van der Waals surface area contributed by atoms with E-state index in [1.807, 2.05) is 6.92 Å². The second kappa shape index (κ2) is 5.39. The van der Waals surface area contributed by atoms with Gasteiger partial charge in [0.25, 0.3) is 0 Å². The lowest BCUT2D eigenvalue weighted by molar-refractivity contribution is 0.176. The van der Waals surface area contributed by atoms with Crippen LogP contribution in [0.4, 0.5) is 10.1 Å². The minimum atomic E-state index is -0.350. The number of aryl methyl sites for hydroxylation is 1. The van der Waals surface area contributed by atoms with Crippen molar-refractivity contribution in [2.45, 2.75) is 51.6 Å². The summed E-state index contributed by atoms with van der Waals surface area (Å²) in [5.41, 5.74) is 7.00. The number of hydrogen-bond donors (Lipinski definition) is 1. The lowest BCUT2D eigenvalue weighted by Crippen LogP contribution is -2.16. The van der Waals surface area contributed by atoms with Crippen molar-refractivity contribution in [1.29, 1.82) is 0 Å². The molecule has 2 nitrogen and oxygen atoms in total. The summed E-state index contributed by atoms with van der Waals surface area (Å²) in [6, 6.07) is 3.05. The predicted octanol–water partition coefficient (Wildman–Crippen LogP) is 3.82. The van der Waals surface area contributed by atoms with E-state index < -0.39 is 0 Å². The van der Waals surface area contributed by atoms with Crippen molar-refractivity contribution in [3.05, 3.63) is 23.5 Å². The molecule has 0 heterocycles. The van der Waals surface area contributed by atoms with Crippen LogP contribution in [0.25, 0.3) is 0 Å². The largest absolute Gasteiger partial charge is 0.487 e. The van der Waals surface area contributed by atoms with E-state index in [0.717, 1.165) is 18.4 Å². The molecule has 0 unspecified atom stereocenters. The van der Waals surface area contributed by atoms with Gasteiger partial charge in [-0.05, 0) is 44.2 Å². The second-order valence-corrected chi connectivity index (χ2v) is 4.87. The Morgan fingerprint density at radius 1 is 1.18 bits per heavy atom. The molecule has 1 aliphatic carbocycles. The molecule has 1 aromatic carbocycles. The van der Waals surface area contributed by atoms with Crippen LogP contribution in [0, 0.1) is 12.7 Å². The van der Waals surface area contributed by atoms with Gasteiger partial charge in [0.1, 0.15) is 0 Å². The SMILES string of the molecule is Cc1cc(OC2CCCCCC2)c(F)cc1N. The highest BCUT2D eigenvalue weighted by Crippen LogP contribution is 2.27. The van der Waals surface area contributed by atoms with Crippen LogP contribution in [0.2, 0.25) is 0 Å². The number of ether oxygens (including phenoxy) is 1. The molecule has 0 atom stereocenters. The predicted molar refractivity (Wildman–Crippen MR) is 67.7 cm³/mol. The van der Waals surface area contributed by atoms with Gasteiger partial charge < -0.3 is 10.5 Å². The highest BCUT2D eigenvalue weighted by atomic mass is 19.1. The number of hydrogen-bond acceptors (Lipinski definition) is 2. The van der Waals surface area contributed by atoms with Crippen LogP contribution >= 0.6 is 0 Å². The minimum absolute atomic E-state index is 0.162. The van der Waals surface area contributed by atoms with Crippen molar-refractivity contribution < 1.29 is 9.13 Å². The standard InChI is InChI=1S/C14H20FNO/c1-10-8-14(12(15)9-13(10)16)17-11-6-4-2-3-5-7-11/h8-9,11H,2-7,16H2,1H3. The highest BCUT2D eigenvalue weighted by Gasteiger charge is 2.16. The Kier molecular flexibility index (Phi) is 3.87. The van der Waals surface area contributed by atoms with Gasteiger partial charge in [0.15, 0.2) is 11.6 Å². The zero-order valence-corrected chi connectivity index (χ0v) is 10.3. The monoisotopic (exact) mass is 237 g/mol. The quantitative estimate of drug-likeness (QED) is 0.627. The average Bonchev–Trinajstić information content (AvgIpc) is 2.54. The third kappa shape index (κ3) is 3.11. The Labute approximate surface area is 102 Å². The number of benzene rings is 1. The van der Waals surface area contributed by atoms with Gasteiger partial charge >= 0.3 is 0 Å². The van der Waals surface area contributed by atoms with Crippen LogP contribution in [0.1, 0.15) is 44.1 Å². The van der Waals surface area contributed by atoms with E-state index in [2.05, 4.69) is 0 Å². The van der Waals surface area contributed by atoms with Crippen molar-refractivity contribution >= 4 is 5.69 Å². The van der Waals surface area contributed by atoms with Gasteiger partial charge in [-0.3, -0.25) is 0 Å². The maximum absolute atomic E-state index is 13.7. The molecular formula is C14H20FNO. The molecule has 0 aromatic heterocycles. The molecule has 0 bridgehead atoms. The van der Waals surface area contributed by atoms with E-state index >= 15 is 0 Å². The van der Waals surface area contributed by atoms with Crippen LogP contribution in [0.3, 0.4) is 0 Å². The fourth-order valence-electron chi connectivity index (χ4n) is 2.30. The number of nitrogen functional groups attached to an aromatic ring is 1. The summed E-state index contributed by atoms with van der Waals surface area (Å²) >= 11 is 0. The van der Waals surface area contributed by atoms with Crippen LogP contribution in [0.5, 0.6) is 5.75 Å². The molecule has 1 aliphatic rings. The van der Waals surface area contributed by atoms with E-state index in [1.165, 1.54) is 31.7 Å². The molecule has 2 N–H and O–H groups in total. The Bertz CT molecular complexity index is 384. The summed E-state index contributed by atoms with van der Waals surface area (Å²) in [5.74, 6) is 0.000877. The lowest BCUT2D eigenvalue weighted by Gasteiger charge is -2.18. The van der Waals surface area contributed by atoms with E-state index in [-0.39, 0.29) is 11.9 Å². The average molecular weight is 237 g/mol. The smallest absolute Gasteiger partial charge is 0.167 e. The molecule has 1 saturated carbocycles. The van der Waals surface area contributed by atoms with E-state index in [4.69, 9.17) is 10.5 Å². The van der Waals surface area contributed by atoms with Crippen LogP contribution < -0.4 is 10.5 Å². The number of halogens is 1. The molecular weight excluding hydrogens is 217 g/mol.